The molecule has 0 radical (unpaired) electrons. The standard InChI is InChI=1S/C14H15ClN2O2/c1-8(2)12-11(14(18)19)13(15)17(16-12)10-6-4-9(3)5-7-10/h4-8H,1-3H3,(H,18,19). The molecular weight excluding hydrogens is 264 g/mol. The smallest absolute Gasteiger partial charge is 0.340 e. The summed E-state index contributed by atoms with van der Waals surface area (Å²) in [7, 11) is 0. The van der Waals surface area contributed by atoms with Gasteiger partial charge in [0.15, 0.2) is 0 Å². The van der Waals surface area contributed by atoms with Crippen molar-refractivity contribution in [1.29, 1.82) is 0 Å². The molecule has 1 aromatic heterocycles. The number of aromatic carboxylic acids is 1. The summed E-state index contributed by atoms with van der Waals surface area (Å²) in [5.41, 5.74) is 2.45. The topological polar surface area (TPSA) is 55.1 Å². The first-order chi connectivity index (χ1) is 8.91. The number of nitrogens with zero attached hydrogens (tertiary/aromatic N) is 2. The van der Waals surface area contributed by atoms with E-state index in [1.54, 1.807) is 0 Å². The molecule has 2 rings (SSSR count). The molecule has 0 atom stereocenters. The van der Waals surface area contributed by atoms with Gasteiger partial charge in [-0.25, -0.2) is 9.48 Å². The van der Waals surface area contributed by atoms with E-state index < -0.39 is 5.97 Å². The molecule has 0 aliphatic heterocycles. The number of hydrogen-bond acceptors (Lipinski definition) is 2. The minimum Gasteiger partial charge on any atom is -0.478 e. The molecule has 0 spiro atoms. The lowest BCUT2D eigenvalue weighted by molar-refractivity contribution is 0.0695. The van der Waals surface area contributed by atoms with Crippen LogP contribution in [0.2, 0.25) is 5.15 Å². The van der Waals surface area contributed by atoms with Crippen molar-refractivity contribution < 1.29 is 9.90 Å². The first-order valence-electron chi connectivity index (χ1n) is 6.00. The van der Waals surface area contributed by atoms with Gasteiger partial charge in [-0.2, -0.15) is 5.10 Å². The third-order valence-corrected chi connectivity index (χ3v) is 3.24. The molecule has 0 amide bonds. The number of halogens is 1. The molecule has 0 aliphatic carbocycles. The maximum atomic E-state index is 11.3. The van der Waals surface area contributed by atoms with Crippen molar-refractivity contribution in [3.8, 4) is 5.69 Å². The lowest BCUT2D eigenvalue weighted by atomic mass is 10.1. The van der Waals surface area contributed by atoms with Gasteiger partial charge in [0.1, 0.15) is 10.7 Å². The van der Waals surface area contributed by atoms with Crippen LogP contribution in [0.3, 0.4) is 0 Å². The van der Waals surface area contributed by atoms with Crippen molar-refractivity contribution >= 4 is 17.6 Å². The van der Waals surface area contributed by atoms with Crippen LogP contribution < -0.4 is 0 Å². The molecule has 4 nitrogen and oxygen atoms in total. The summed E-state index contributed by atoms with van der Waals surface area (Å²) in [5, 5.41) is 13.7. The van der Waals surface area contributed by atoms with E-state index in [-0.39, 0.29) is 16.6 Å². The second-order valence-electron chi connectivity index (χ2n) is 4.76. The highest BCUT2D eigenvalue weighted by molar-refractivity contribution is 6.33. The lowest BCUT2D eigenvalue weighted by Gasteiger charge is -2.03. The molecule has 1 N–H and O–H groups in total. The average molecular weight is 279 g/mol. The Balaban J connectivity index is 2.62. The highest BCUT2D eigenvalue weighted by Gasteiger charge is 2.24. The molecule has 1 heterocycles. The number of carboxylic acid groups (broad SMARTS) is 1. The van der Waals surface area contributed by atoms with Crippen LogP contribution in [0.4, 0.5) is 0 Å². The van der Waals surface area contributed by atoms with Crippen LogP contribution in [0.1, 0.15) is 41.4 Å². The van der Waals surface area contributed by atoms with Crippen LogP contribution in [0, 0.1) is 6.92 Å². The largest absolute Gasteiger partial charge is 0.478 e. The minimum atomic E-state index is -1.05. The Morgan fingerprint density at radius 2 is 1.89 bits per heavy atom. The fourth-order valence-electron chi connectivity index (χ4n) is 1.87. The molecule has 5 heteroatoms. The van der Waals surface area contributed by atoms with Crippen molar-refractivity contribution in [1.82, 2.24) is 9.78 Å². The van der Waals surface area contributed by atoms with Crippen molar-refractivity contribution in [3.63, 3.8) is 0 Å². The van der Waals surface area contributed by atoms with Crippen LogP contribution in [0.25, 0.3) is 5.69 Å². The van der Waals surface area contributed by atoms with E-state index in [2.05, 4.69) is 5.10 Å². The molecule has 0 unspecified atom stereocenters. The summed E-state index contributed by atoms with van der Waals surface area (Å²) in [4.78, 5) is 11.3. The highest BCUT2D eigenvalue weighted by atomic mass is 35.5. The fraction of sp³-hybridized carbons (Fsp3) is 0.286. The van der Waals surface area contributed by atoms with Gasteiger partial charge in [0, 0.05) is 0 Å². The Morgan fingerprint density at radius 3 is 2.32 bits per heavy atom. The zero-order chi connectivity index (χ0) is 14.2. The molecule has 19 heavy (non-hydrogen) atoms. The van der Waals surface area contributed by atoms with Crippen molar-refractivity contribution in [2.75, 3.05) is 0 Å². The maximum Gasteiger partial charge on any atom is 0.340 e. The SMILES string of the molecule is Cc1ccc(-n2nc(C(C)C)c(C(=O)O)c2Cl)cc1. The predicted molar refractivity (Wildman–Crippen MR) is 74.4 cm³/mol. The third kappa shape index (κ3) is 2.49. The maximum absolute atomic E-state index is 11.3. The Hall–Kier alpha value is -1.81. The normalized spacial score (nSPS) is 11.0. The van der Waals surface area contributed by atoms with Crippen LogP contribution in [0.15, 0.2) is 24.3 Å². The molecule has 0 aliphatic rings. The van der Waals surface area contributed by atoms with Crippen LogP contribution in [-0.4, -0.2) is 20.9 Å². The van der Waals surface area contributed by atoms with Gasteiger partial charge in [-0.15, -0.1) is 0 Å². The first kappa shape index (κ1) is 13.6. The van der Waals surface area contributed by atoms with Crippen LogP contribution in [-0.2, 0) is 0 Å². The van der Waals surface area contributed by atoms with E-state index in [4.69, 9.17) is 11.6 Å². The second kappa shape index (κ2) is 5.05. The molecular formula is C14H15ClN2O2. The number of carbonyl (C=O) groups is 1. The number of rotatable bonds is 3. The van der Waals surface area contributed by atoms with E-state index in [0.29, 0.717) is 5.69 Å². The van der Waals surface area contributed by atoms with Crippen molar-refractivity contribution in [3.05, 3.63) is 46.2 Å². The minimum absolute atomic E-state index is 0.00435. The Kier molecular flexibility index (Phi) is 3.62. The van der Waals surface area contributed by atoms with Gasteiger partial charge in [-0.3, -0.25) is 0 Å². The quantitative estimate of drug-likeness (QED) is 0.932. The van der Waals surface area contributed by atoms with Crippen molar-refractivity contribution in [2.24, 2.45) is 0 Å². The highest BCUT2D eigenvalue weighted by Crippen LogP contribution is 2.28. The third-order valence-electron chi connectivity index (χ3n) is 2.90. The summed E-state index contributed by atoms with van der Waals surface area (Å²) >= 11 is 6.16. The molecule has 1 aromatic carbocycles. The zero-order valence-electron chi connectivity index (χ0n) is 11.0. The van der Waals surface area contributed by atoms with Crippen molar-refractivity contribution in [2.45, 2.75) is 26.7 Å². The van der Waals surface area contributed by atoms with Gasteiger partial charge in [-0.1, -0.05) is 43.1 Å². The number of carboxylic acids is 1. The summed E-state index contributed by atoms with van der Waals surface area (Å²) in [6, 6.07) is 7.60. The summed E-state index contributed by atoms with van der Waals surface area (Å²) in [5.74, 6) is -1.05. The summed E-state index contributed by atoms with van der Waals surface area (Å²) in [6.45, 7) is 5.77. The number of aryl methyl sites for hydroxylation is 1. The van der Waals surface area contributed by atoms with E-state index in [9.17, 15) is 9.90 Å². The van der Waals surface area contributed by atoms with E-state index >= 15 is 0 Å². The first-order valence-corrected chi connectivity index (χ1v) is 6.38. The fourth-order valence-corrected chi connectivity index (χ4v) is 2.19. The summed E-state index contributed by atoms with van der Waals surface area (Å²) < 4.78 is 1.47. The zero-order valence-corrected chi connectivity index (χ0v) is 11.8. The van der Waals surface area contributed by atoms with E-state index in [1.165, 1.54) is 4.68 Å². The van der Waals surface area contributed by atoms with Crippen LogP contribution in [0.5, 0.6) is 0 Å². The van der Waals surface area contributed by atoms with E-state index in [1.807, 2.05) is 45.0 Å². The van der Waals surface area contributed by atoms with Gasteiger partial charge >= 0.3 is 5.97 Å². The number of hydrogen-bond donors (Lipinski definition) is 1. The molecule has 0 saturated carbocycles. The number of aromatic nitrogens is 2. The molecule has 2 aromatic rings. The van der Waals surface area contributed by atoms with Gasteiger partial charge in [0.2, 0.25) is 0 Å². The Labute approximate surface area is 116 Å². The van der Waals surface area contributed by atoms with E-state index in [0.717, 1.165) is 11.3 Å². The molecule has 0 bridgehead atoms. The monoisotopic (exact) mass is 278 g/mol. The molecule has 100 valence electrons. The number of benzene rings is 1. The Morgan fingerprint density at radius 1 is 1.32 bits per heavy atom. The molecule has 0 fully saturated rings. The summed E-state index contributed by atoms with van der Waals surface area (Å²) in [6.07, 6.45) is 0. The van der Waals surface area contributed by atoms with Crippen LogP contribution >= 0.6 is 11.6 Å². The van der Waals surface area contributed by atoms with Gasteiger partial charge in [-0.05, 0) is 25.0 Å². The van der Waals surface area contributed by atoms with Gasteiger partial charge in [0.05, 0.1) is 11.4 Å². The molecule has 0 saturated heterocycles. The average Bonchev–Trinajstić information content (AvgIpc) is 2.68. The van der Waals surface area contributed by atoms with Gasteiger partial charge < -0.3 is 5.11 Å². The Bertz CT molecular complexity index is 615. The predicted octanol–water partition coefficient (Wildman–Crippen LogP) is 3.66. The lowest BCUT2D eigenvalue weighted by Crippen LogP contribution is -2.01. The second-order valence-corrected chi connectivity index (χ2v) is 5.12. The van der Waals surface area contributed by atoms with Gasteiger partial charge in [0.25, 0.3) is 0 Å².